The van der Waals surface area contributed by atoms with Gasteiger partial charge in [-0.25, -0.2) is 0 Å². The molecule has 2 aromatic carbocycles. The van der Waals surface area contributed by atoms with E-state index in [1.807, 2.05) is 0 Å². The third kappa shape index (κ3) is 3.13. The molecule has 0 amide bonds. The first-order chi connectivity index (χ1) is 11.8. The Bertz CT molecular complexity index is 659. The predicted octanol–water partition coefficient (Wildman–Crippen LogP) is 4.62. The zero-order valence-electron chi connectivity index (χ0n) is 14.7. The van der Waals surface area contributed by atoms with Crippen LogP contribution in [0.1, 0.15) is 48.9 Å². The van der Waals surface area contributed by atoms with Crippen LogP contribution in [0.25, 0.3) is 0 Å². The number of hydrogen-bond acceptors (Lipinski definition) is 2. The van der Waals surface area contributed by atoms with Crippen molar-refractivity contribution in [2.75, 3.05) is 13.1 Å². The van der Waals surface area contributed by atoms with Crippen LogP contribution in [0, 0.1) is 0 Å². The van der Waals surface area contributed by atoms with Crippen molar-refractivity contribution in [3.8, 4) is 0 Å². The molecule has 2 heteroatoms. The first-order valence-electron chi connectivity index (χ1n) is 9.45. The average molecular weight is 320 g/mol. The van der Waals surface area contributed by atoms with Gasteiger partial charge < -0.3 is 0 Å². The predicted molar refractivity (Wildman–Crippen MR) is 99.8 cm³/mol. The van der Waals surface area contributed by atoms with Gasteiger partial charge in [-0.05, 0) is 49.0 Å². The normalized spacial score (nSPS) is 22.6. The molecule has 0 aromatic heterocycles. The molecule has 24 heavy (non-hydrogen) atoms. The van der Waals surface area contributed by atoms with E-state index in [-0.39, 0.29) is 0 Å². The van der Waals surface area contributed by atoms with Crippen LogP contribution < -0.4 is 0 Å². The van der Waals surface area contributed by atoms with Crippen LogP contribution >= 0.6 is 0 Å². The molecule has 0 N–H and O–H groups in total. The van der Waals surface area contributed by atoms with Gasteiger partial charge in [0.2, 0.25) is 0 Å². The Morgan fingerprint density at radius 1 is 0.917 bits per heavy atom. The Morgan fingerprint density at radius 2 is 1.62 bits per heavy atom. The van der Waals surface area contributed by atoms with E-state index in [1.54, 1.807) is 11.1 Å². The van der Waals surface area contributed by atoms with E-state index < -0.39 is 0 Å². The summed E-state index contributed by atoms with van der Waals surface area (Å²) in [7, 11) is 0. The molecule has 126 valence electrons. The van der Waals surface area contributed by atoms with Crippen molar-refractivity contribution >= 4 is 0 Å². The highest BCUT2D eigenvalue weighted by Crippen LogP contribution is 2.39. The summed E-state index contributed by atoms with van der Waals surface area (Å²) in [4.78, 5) is 5.40. The Kier molecular flexibility index (Phi) is 4.68. The van der Waals surface area contributed by atoms with E-state index in [9.17, 15) is 0 Å². The molecule has 1 fully saturated rings. The highest BCUT2D eigenvalue weighted by atomic mass is 15.2. The van der Waals surface area contributed by atoms with E-state index in [0.717, 1.165) is 19.1 Å². The van der Waals surface area contributed by atoms with Crippen LogP contribution in [0.4, 0.5) is 0 Å². The van der Waals surface area contributed by atoms with Gasteiger partial charge >= 0.3 is 0 Å². The molecule has 4 rings (SSSR count). The third-order valence-electron chi connectivity index (χ3n) is 5.83. The molecule has 0 aliphatic carbocycles. The molecule has 2 aliphatic rings. The summed E-state index contributed by atoms with van der Waals surface area (Å²) in [6, 6.07) is 21.3. The van der Waals surface area contributed by atoms with Crippen molar-refractivity contribution in [2.45, 2.75) is 51.4 Å². The van der Waals surface area contributed by atoms with E-state index in [2.05, 4.69) is 71.3 Å². The first kappa shape index (κ1) is 15.9. The molecule has 2 nitrogen and oxygen atoms in total. The largest absolute Gasteiger partial charge is 0.299 e. The Morgan fingerprint density at radius 3 is 2.38 bits per heavy atom. The average Bonchev–Trinajstić information content (AvgIpc) is 3.02. The van der Waals surface area contributed by atoms with E-state index >= 15 is 0 Å². The topological polar surface area (TPSA) is 6.48 Å². The van der Waals surface area contributed by atoms with Crippen molar-refractivity contribution in [1.82, 2.24) is 9.80 Å². The summed E-state index contributed by atoms with van der Waals surface area (Å²) >= 11 is 0. The van der Waals surface area contributed by atoms with Gasteiger partial charge in [0.05, 0.1) is 0 Å². The number of fused-ring (bicyclic) bond motifs is 1. The molecule has 2 aliphatic heterocycles. The standard InChI is InChI=1S/C22H28N2/c1-2-22-21-11-7-6-10-19(21)17-24(22)20-12-14-23(15-13-20)16-18-8-4-3-5-9-18/h3-11,20,22H,2,12-17H2,1H3. The Labute approximate surface area is 146 Å². The maximum absolute atomic E-state index is 2.78. The maximum Gasteiger partial charge on any atom is 0.0355 e. The van der Waals surface area contributed by atoms with Gasteiger partial charge in [-0.1, -0.05) is 61.5 Å². The van der Waals surface area contributed by atoms with Gasteiger partial charge in [-0.3, -0.25) is 9.80 Å². The second-order valence-electron chi connectivity index (χ2n) is 7.29. The van der Waals surface area contributed by atoms with Gasteiger partial charge in [-0.15, -0.1) is 0 Å². The molecule has 1 unspecified atom stereocenters. The number of rotatable bonds is 4. The molecule has 2 aromatic rings. The lowest BCUT2D eigenvalue weighted by atomic mass is 9.99. The lowest BCUT2D eigenvalue weighted by Gasteiger charge is -2.39. The number of benzene rings is 2. The molecule has 0 radical (unpaired) electrons. The summed E-state index contributed by atoms with van der Waals surface area (Å²) < 4.78 is 0. The highest BCUT2D eigenvalue weighted by Gasteiger charge is 2.34. The Hall–Kier alpha value is -1.64. The van der Waals surface area contributed by atoms with E-state index in [4.69, 9.17) is 0 Å². The van der Waals surface area contributed by atoms with Gasteiger partial charge in [-0.2, -0.15) is 0 Å². The second kappa shape index (κ2) is 7.08. The number of hydrogen-bond donors (Lipinski definition) is 0. The summed E-state index contributed by atoms with van der Waals surface area (Å²) in [5.41, 5.74) is 4.57. The van der Waals surface area contributed by atoms with Crippen LogP contribution in [-0.2, 0) is 13.1 Å². The fourth-order valence-electron chi connectivity index (χ4n) is 4.58. The maximum atomic E-state index is 2.78. The van der Waals surface area contributed by atoms with Gasteiger partial charge in [0.1, 0.15) is 0 Å². The minimum absolute atomic E-state index is 0.631. The smallest absolute Gasteiger partial charge is 0.0355 e. The van der Waals surface area contributed by atoms with Crippen molar-refractivity contribution in [3.63, 3.8) is 0 Å². The van der Waals surface area contributed by atoms with Crippen LogP contribution in [0.2, 0.25) is 0 Å². The zero-order valence-corrected chi connectivity index (χ0v) is 14.7. The van der Waals surface area contributed by atoms with Gasteiger partial charge in [0, 0.05) is 25.2 Å². The van der Waals surface area contributed by atoms with Crippen LogP contribution in [-0.4, -0.2) is 28.9 Å². The van der Waals surface area contributed by atoms with Crippen LogP contribution in [0.5, 0.6) is 0 Å². The monoisotopic (exact) mass is 320 g/mol. The molecule has 1 atom stereocenters. The SMILES string of the molecule is CCC1c2ccccc2CN1C1CCN(Cc2ccccc2)CC1. The number of piperidine rings is 1. The molecule has 1 saturated heterocycles. The quantitative estimate of drug-likeness (QED) is 0.811. The molecule has 0 bridgehead atoms. The second-order valence-corrected chi connectivity index (χ2v) is 7.29. The fourth-order valence-corrected chi connectivity index (χ4v) is 4.58. The van der Waals surface area contributed by atoms with E-state index in [0.29, 0.717) is 6.04 Å². The summed E-state index contributed by atoms with van der Waals surface area (Å²) in [5, 5.41) is 0. The van der Waals surface area contributed by atoms with Gasteiger partial charge in [0.15, 0.2) is 0 Å². The van der Waals surface area contributed by atoms with Crippen molar-refractivity contribution < 1.29 is 0 Å². The van der Waals surface area contributed by atoms with Crippen molar-refractivity contribution in [3.05, 3.63) is 71.3 Å². The molecular weight excluding hydrogens is 292 g/mol. The minimum atomic E-state index is 0.631. The van der Waals surface area contributed by atoms with Crippen molar-refractivity contribution in [2.24, 2.45) is 0 Å². The molecular formula is C22H28N2. The van der Waals surface area contributed by atoms with Crippen LogP contribution in [0.15, 0.2) is 54.6 Å². The fraction of sp³-hybridized carbons (Fsp3) is 0.455. The first-order valence-corrected chi connectivity index (χ1v) is 9.45. The highest BCUT2D eigenvalue weighted by molar-refractivity contribution is 5.34. The summed E-state index contributed by atoms with van der Waals surface area (Å²) in [6.45, 7) is 7.04. The molecule has 0 saturated carbocycles. The van der Waals surface area contributed by atoms with Crippen molar-refractivity contribution in [1.29, 1.82) is 0 Å². The summed E-state index contributed by atoms with van der Waals surface area (Å²) in [6.07, 6.45) is 3.83. The lowest BCUT2D eigenvalue weighted by Crippen LogP contribution is -2.43. The minimum Gasteiger partial charge on any atom is -0.299 e. The van der Waals surface area contributed by atoms with E-state index in [1.165, 1.54) is 37.9 Å². The van der Waals surface area contributed by atoms with Gasteiger partial charge in [0.25, 0.3) is 0 Å². The molecule has 2 heterocycles. The zero-order chi connectivity index (χ0) is 16.4. The summed E-state index contributed by atoms with van der Waals surface area (Å²) in [5.74, 6) is 0. The lowest BCUT2D eigenvalue weighted by molar-refractivity contribution is 0.0748. The Balaban J connectivity index is 1.38. The number of nitrogens with zero attached hydrogens (tertiary/aromatic N) is 2. The third-order valence-corrected chi connectivity index (χ3v) is 5.83. The number of likely N-dealkylation sites (tertiary alicyclic amines) is 1. The molecule has 0 spiro atoms. The van der Waals surface area contributed by atoms with Crippen LogP contribution in [0.3, 0.4) is 0 Å².